The lowest BCUT2D eigenvalue weighted by molar-refractivity contribution is 0.166. The van der Waals surface area contributed by atoms with Crippen LogP contribution < -0.4 is 0 Å². The van der Waals surface area contributed by atoms with Gasteiger partial charge in [0, 0.05) is 6.21 Å². The fourth-order valence-corrected chi connectivity index (χ4v) is 2.63. The number of ether oxygens (including phenoxy) is 1. The Balaban J connectivity index is 2.13. The number of allylic oxidation sites excluding steroid dienone is 2. The van der Waals surface area contributed by atoms with Crippen LogP contribution in [0.5, 0.6) is 0 Å². The van der Waals surface area contributed by atoms with Gasteiger partial charge in [-0.15, -0.1) is 0 Å². The molecule has 1 unspecified atom stereocenters. The SMILES string of the molecule is C1=NCOC2=CCCCC12c1ccccc1. The molecule has 16 heavy (non-hydrogen) atoms. The third-order valence-electron chi connectivity index (χ3n) is 3.44. The lowest BCUT2D eigenvalue weighted by Gasteiger charge is -2.37. The molecule has 1 aromatic rings. The lowest BCUT2D eigenvalue weighted by atomic mass is 9.72. The summed E-state index contributed by atoms with van der Waals surface area (Å²) in [5.74, 6) is 1.10. The summed E-state index contributed by atoms with van der Waals surface area (Å²) in [5.41, 5.74) is 1.21. The molecule has 3 rings (SSSR count). The molecule has 0 fully saturated rings. The number of aliphatic imine (C=N–C) groups is 1. The van der Waals surface area contributed by atoms with Crippen LogP contribution in [0.25, 0.3) is 0 Å². The zero-order valence-electron chi connectivity index (χ0n) is 9.23. The van der Waals surface area contributed by atoms with Gasteiger partial charge in [-0.3, -0.25) is 4.99 Å². The van der Waals surface area contributed by atoms with E-state index < -0.39 is 0 Å². The predicted octanol–water partition coefficient (Wildman–Crippen LogP) is 3.05. The third-order valence-corrected chi connectivity index (χ3v) is 3.44. The van der Waals surface area contributed by atoms with Crippen molar-refractivity contribution in [1.29, 1.82) is 0 Å². The van der Waals surface area contributed by atoms with E-state index in [-0.39, 0.29) is 5.41 Å². The Labute approximate surface area is 95.7 Å². The molecule has 1 atom stereocenters. The van der Waals surface area contributed by atoms with E-state index in [0.717, 1.165) is 18.6 Å². The minimum Gasteiger partial charge on any atom is -0.475 e. The molecule has 0 amide bonds. The maximum atomic E-state index is 5.70. The second-order valence-electron chi connectivity index (χ2n) is 4.38. The molecule has 1 heterocycles. The van der Waals surface area contributed by atoms with Gasteiger partial charge in [-0.25, -0.2) is 0 Å². The molecule has 1 aliphatic heterocycles. The van der Waals surface area contributed by atoms with Gasteiger partial charge in [0.25, 0.3) is 0 Å². The molecule has 0 saturated heterocycles. The van der Waals surface area contributed by atoms with Gasteiger partial charge in [-0.1, -0.05) is 30.3 Å². The number of hydrogen-bond acceptors (Lipinski definition) is 2. The van der Waals surface area contributed by atoms with E-state index in [9.17, 15) is 0 Å². The first-order valence-electron chi connectivity index (χ1n) is 5.82. The highest BCUT2D eigenvalue weighted by atomic mass is 16.5. The Morgan fingerprint density at radius 2 is 2.06 bits per heavy atom. The second kappa shape index (κ2) is 3.78. The minimum absolute atomic E-state index is 0.0856. The van der Waals surface area contributed by atoms with Gasteiger partial charge in [0.15, 0.2) is 6.73 Å². The zero-order chi connectivity index (χ0) is 10.8. The summed E-state index contributed by atoms with van der Waals surface area (Å²) in [6, 6.07) is 10.5. The normalized spacial score (nSPS) is 27.9. The van der Waals surface area contributed by atoms with Crippen molar-refractivity contribution in [2.45, 2.75) is 24.7 Å². The Morgan fingerprint density at radius 1 is 1.19 bits per heavy atom. The molecule has 2 heteroatoms. The van der Waals surface area contributed by atoms with E-state index in [0.29, 0.717) is 6.73 Å². The van der Waals surface area contributed by atoms with E-state index >= 15 is 0 Å². The standard InChI is InChI=1S/C14H15NO/c1-2-6-12(7-3-1)14-9-5-4-8-13(14)16-11-15-10-14/h1-3,6-8,10H,4-5,9,11H2. The summed E-state index contributed by atoms with van der Waals surface area (Å²) in [5, 5.41) is 0. The fourth-order valence-electron chi connectivity index (χ4n) is 2.63. The Morgan fingerprint density at radius 3 is 2.94 bits per heavy atom. The first kappa shape index (κ1) is 9.64. The quantitative estimate of drug-likeness (QED) is 0.702. The van der Waals surface area contributed by atoms with Crippen molar-refractivity contribution in [3.63, 3.8) is 0 Å². The maximum Gasteiger partial charge on any atom is 0.178 e. The van der Waals surface area contributed by atoms with Crippen LogP contribution in [0.15, 0.2) is 47.2 Å². The third kappa shape index (κ3) is 1.37. The highest BCUT2D eigenvalue weighted by molar-refractivity contribution is 5.79. The molecule has 1 aromatic carbocycles. The summed E-state index contributed by atoms with van der Waals surface area (Å²) in [7, 11) is 0. The maximum absolute atomic E-state index is 5.70. The topological polar surface area (TPSA) is 21.6 Å². The Bertz CT molecular complexity index is 435. The summed E-state index contributed by atoms with van der Waals surface area (Å²) in [6.45, 7) is 0.473. The van der Waals surface area contributed by atoms with Crippen LogP contribution in [0.4, 0.5) is 0 Å². The van der Waals surface area contributed by atoms with E-state index in [1.165, 1.54) is 12.0 Å². The molecule has 0 saturated carbocycles. The first-order valence-corrected chi connectivity index (χ1v) is 5.82. The van der Waals surface area contributed by atoms with E-state index in [4.69, 9.17) is 4.74 Å². The van der Waals surface area contributed by atoms with Crippen molar-refractivity contribution in [3.05, 3.63) is 47.7 Å². The lowest BCUT2D eigenvalue weighted by Crippen LogP contribution is -2.36. The van der Waals surface area contributed by atoms with Crippen LogP contribution in [-0.2, 0) is 10.2 Å². The molecule has 0 radical (unpaired) electrons. The first-order chi connectivity index (χ1) is 7.92. The predicted molar refractivity (Wildman–Crippen MR) is 64.5 cm³/mol. The molecule has 0 bridgehead atoms. The fraction of sp³-hybridized carbons (Fsp3) is 0.357. The number of nitrogens with zero attached hydrogens (tertiary/aromatic N) is 1. The summed E-state index contributed by atoms with van der Waals surface area (Å²) in [6.07, 6.45) is 7.73. The molecular formula is C14H15NO. The van der Waals surface area contributed by atoms with Crippen LogP contribution in [0, 0.1) is 0 Å². The van der Waals surface area contributed by atoms with Gasteiger partial charge >= 0.3 is 0 Å². The van der Waals surface area contributed by atoms with Crippen LogP contribution >= 0.6 is 0 Å². The van der Waals surface area contributed by atoms with Crippen molar-refractivity contribution >= 4 is 6.21 Å². The highest BCUT2D eigenvalue weighted by Gasteiger charge is 2.39. The summed E-state index contributed by atoms with van der Waals surface area (Å²) >= 11 is 0. The molecular weight excluding hydrogens is 198 g/mol. The van der Waals surface area contributed by atoms with Gasteiger partial charge in [-0.2, -0.15) is 0 Å². The molecule has 2 aliphatic rings. The van der Waals surface area contributed by atoms with Crippen LogP contribution in [0.1, 0.15) is 24.8 Å². The van der Waals surface area contributed by atoms with E-state index in [2.05, 4.69) is 41.5 Å². The van der Waals surface area contributed by atoms with Gasteiger partial charge < -0.3 is 4.74 Å². The average Bonchev–Trinajstić information content (AvgIpc) is 2.40. The van der Waals surface area contributed by atoms with Crippen LogP contribution in [0.3, 0.4) is 0 Å². The summed E-state index contributed by atoms with van der Waals surface area (Å²) in [4.78, 5) is 4.32. The van der Waals surface area contributed by atoms with Crippen molar-refractivity contribution in [3.8, 4) is 0 Å². The molecule has 2 nitrogen and oxygen atoms in total. The number of fused-ring (bicyclic) bond motifs is 1. The molecule has 0 N–H and O–H groups in total. The second-order valence-corrected chi connectivity index (χ2v) is 4.38. The largest absolute Gasteiger partial charge is 0.475 e. The minimum atomic E-state index is -0.0856. The monoisotopic (exact) mass is 213 g/mol. The molecule has 0 aromatic heterocycles. The zero-order valence-corrected chi connectivity index (χ0v) is 9.23. The Hall–Kier alpha value is -1.57. The molecule has 1 aliphatic carbocycles. The van der Waals surface area contributed by atoms with Crippen molar-refractivity contribution in [2.24, 2.45) is 4.99 Å². The molecule has 82 valence electrons. The van der Waals surface area contributed by atoms with Crippen molar-refractivity contribution in [1.82, 2.24) is 0 Å². The number of benzene rings is 1. The van der Waals surface area contributed by atoms with Crippen molar-refractivity contribution < 1.29 is 4.74 Å². The van der Waals surface area contributed by atoms with E-state index in [1.807, 2.05) is 6.07 Å². The Kier molecular flexibility index (Phi) is 2.28. The van der Waals surface area contributed by atoms with E-state index in [1.54, 1.807) is 0 Å². The average molecular weight is 213 g/mol. The number of hydrogen-bond donors (Lipinski definition) is 0. The van der Waals surface area contributed by atoms with Gasteiger partial charge in [0.2, 0.25) is 0 Å². The summed E-state index contributed by atoms with van der Waals surface area (Å²) < 4.78 is 5.70. The highest BCUT2D eigenvalue weighted by Crippen LogP contribution is 2.41. The molecule has 0 spiro atoms. The van der Waals surface area contributed by atoms with Crippen LogP contribution in [0.2, 0.25) is 0 Å². The van der Waals surface area contributed by atoms with Gasteiger partial charge in [0.05, 0.1) is 5.41 Å². The van der Waals surface area contributed by atoms with Gasteiger partial charge in [-0.05, 0) is 30.9 Å². The van der Waals surface area contributed by atoms with Crippen LogP contribution in [-0.4, -0.2) is 12.9 Å². The van der Waals surface area contributed by atoms with Gasteiger partial charge in [0.1, 0.15) is 5.76 Å². The number of rotatable bonds is 1. The van der Waals surface area contributed by atoms with Crippen molar-refractivity contribution in [2.75, 3.05) is 6.73 Å². The smallest absolute Gasteiger partial charge is 0.178 e.